The lowest BCUT2D eigenvalue weighted by Gasteiger charge is -2.10. The monoisotopic (exact) mass is 227 g/mol. The Bertz CT molecular complexity index is 401. The van der Waals surface area contributed by atoms with E-state index in [0.717, 1.165) is 6.20 Å². The molecule has 0 radical (unpaired) electrons. The van der Waals surface area contributed by atoms with Crippen molar-refractivity contribution >= 4 is 17.8 Å². The lowest BCUT2D eigenvalue weighted by Crippen LogP contribution is -2.43. The van der Waals surface area contributed by atoms with E-state index in [4.69, 9.17) is 10.8 Å². The number of hydrogen-bond acceptors (Lipinski definition) is 5. The van der Waals surface area contributed by atoms with E-state index in [1.165, 1.54) is 0 Å². The van der Waals surface area contributed by atoms with Crippen LogP contribution in [0.25, 0.3) is 0 Å². The number of nitrogens with zero attached hydrogens (tertiary/aromatic N) is 2. The van der Waals surface area contributed by atoms with E-state index in [1.807, 2.05) is 0 Å². The predicted molar refractivity (Wildman–Crippen MR) is 49.1 cm³/mol. The molecule has 9 heteroatoms. The average Bonchev–Trinajstić information content (AvgIpc) is 2.68. The standard InChI is InChI=1S/C7H9N5O4/c8-5(13)1-3(7(15)16)10-6(14)4-2-9-12-11-4/h2-3H,1H2,(H2,8,13)(H,10,14)(H,15,16)(H,9,11,12)/t3-/m0/s1. The summed E-state index contributed by atoms with van der Waals surface area (Å²) in [5, 5.41) is 19.8. The molecule has 16 heavy (non-hydrogen) atoms. The molecule has 1 aromatic heterocycles. The molecule has 2 amide bonds. The van der Waals surface area contributed by atoms with Crippen molar-refractivity contribution < 1.29 is 19.5 Å². The second-order valence-corrected chi connectivity index (χ2v) is 2.89. The van der Waals surface area contributed by atoms with Crippen LogP contribution in [0.4, 0.5) is 0 Å². The Morgan fingerprint density at radius 3 is 2.69 bits per heavy atom. The Kier molecular flexibility index (Phi) is 3.53. The van der Waals surface area contributed by atoms with Gasteiger partial charge in [0.15, 0.2) is 5.69 Å². The Morgan fingerprint density at radius 1 is 1.56 bits per heavy atom. The third-order valence-electron chi connectivity index (χ3n) is 1.66. The molecule has 0 aliphatic rings. The van der Waals surface area contributed by atoms with Gasteiger partial charge in [-0.15, -0.1) is 0 Å². The number of carbonyl (C=O) groups is 3. The van der Waals surface area contributed by atoms with Gasteiger partial charge in [0.25, 0.3) is 5.91 Å². The molecule has 5 N–H and O–H groups in total. The van der Waals surface area contributed by atoms with Crippen molar-refractivity contribution in [3.63, 3.8) is 0 Å². The lowest BCUT2D eigenvalue weighted by molar-refractivity contribution is -0.140. The molecule has 1 atom stereocenters. The van der Waals surface area contributed by atoms with Crippen LogP contribution in [-0.2, 0) is 9.59 Å². The number of carbonyl (C=O) groups excluding carboxylic acids is 2. The van der Waals surface area contributed by atoms with Gasteiger partial charge in [0.2, 0.25) is 5.91 Å². The fraction of sp³-hybridized carbons (Fsp3) is 0.286. The number of carboxylic acid groups (broad SMARTS) is 1. The van der Waals surface area contributed by atoms with Crippen molar-refractivity contribution in [3.8, 4) is 0 Å². The van der Waals surface area contributed by atoms with Gasteiger partial charge in [-0.05, 0) is 0 Å². The molecule has 0 unspecified atom stereocenters. The predicted octanol–water partition coefficient (Wildman–Crippen LogP) is -2.14. The highest BCUT2D eigenvalue weighted by atomic mass is 16.4. The number of aromatic nitrogens is 3. The Labute approximate surface area is 89.0 Å². The zero-order valence-corrected chi connectivity index (χ0v) is 8.01. The largest absolute Gasteiger partial charge is 0.480 e. The van der Waals surface area contributed by atoms with Gasteiger partial charge < -0.3 is 16.2 Å². The maximum Gasteiger partial charge on any atom is 0.326 e. The number of aliphatic carboxylic acids is 1. The molecule has 0 saturated carbocycles. The molecular weight excluding hydrogens is 218 g/mol. The summed E-state index contributed by atoms with van der Waals surface area (Å²) >= 11 is 0. The SMILES string of the molecule is NC(=O)C[C@H](NC(=O)c1cn[nH]n1)C(=O)O. The van der Waals surface area contributed by atoms with Crippen molar-refractivity contribution in [2.75, 3.05) is 0 Å². The smallest absolute Gasteiger partial charge is 0.326 e. The Balaban J connectivity index is 2.65. The van der Waals surface area contributed by atoms with Crippen LogP contribution in [0, 0.1) is 0 Å². The summed E-state index contributed by atoms with van der Waals surface area (Å²) in [7, 11) is 0. The number of aromatic amines is 1. The van der Waals surface area contributed by atoms with Crippen molar-refractivity contribution in [3.05, 3.63) is 11.9 Å². The first-order valence-corrected chi connectivity index (χ1v) is 4.18. The maximum absolute atomic E-state index is 11.4. The Hall–Kier alpha value is -2.45. The zero-order valence-electron chi connectivity index (χ0n) is 8.01. The normalized spacial score (nSPS) is 11.8. The van der Waals surface area contributed by atoms with E-state index < -0.39 is 30.2 Å². The molecule has 9 nitrogen and oxygen atoms in total. The van der Waals surface area contributed by atoms with Crippen LogP contribution in [0.15, 0.2) is 6.20 Å². The quantitative estimate of drug-likeness (QED) is 0.450. The van der Waals surface area contributed by atoms with E-state index in [0.29, 0.717) is 0 Å². The van der Waals surface area contributed by atoms with Gasteiger partial charge in [0.05, 0.1) is 12.6 Å². The molecule has 1 rings (SSSR count). The maximum atomic E-state index is 11.4. The highest BCUT2D eigenvalue weighted by molar-refractivity contribution is 5.95. The lowest BCUT2D eigenvalue weighted by atomic mass is 10.2. The fourth-order valence-electron chi connectivity index (χ4n) is 0.944. The number of hydrogen-bond donors (Lipinski definition) is 4. The van der Waals surface area contributed by atoms with Gasteiger partial charge >= 0.3 is 5.97 Å². The number of H-pyrrole nitrogens is 1. The second kappa shape index (κ2) is 4.87. The molecule has 0 bridgehead atoms. The summed E-state index contributed by atoms with van der Waals surface area (Å²) in [6.07, 6.45) is 0.636. The summed E-state index contributed by atoms with van der Waals surface area (Å²) < 4.78 is 0. The van der Waals surface area contributed by atoms with Gasteiger partial charge in [0, 0.05) is 0 Å². The van der Waals surface area contributed by atoms with Gasteiger partial charge in [-0.3, -0.25) is 9.59 Å². The summed E-state index contributed by atoms with van der Waals surface area (Å²) in [4.78, 5) is 32.6. The summed E-state index contributed by atoms with van der Waals surface area (Å²) in [6, 6.07) is -1.37. The molecule has 0 spiro atoms. The molecule has 1 aromatic rings. The fourth-order valence-corrected chi connectivity index (χ4v) is 0.944. The van der Waals surface area contributed by atoms with Crippen molar-refractivity contribution in [2.45, 2.75) is 12.5 Å². The topological polar surface area (TPSA) is 151 Å². The van der Waals surface area contributed by atoms with Crippen LogP contribution in [0.1, 0.15) is 16.9 Å². The molecule has 0 aliphatic carbocycles. The van der Waals surface area contributed by atoms with Crippen LogP contribution < -0.4 is 11.1 Å². The third kappa shape index (κ3) is 3.04. The first-order chi connectivity index (χ1) is 7.50. The van der Waals surface area contributed by atoms with E-state index in [9.17, 15) is 14.4 Å². The molecule has 0 aromatic carbocycles. The highest BCUT2D eigenvalue weighted by Gasteiger charge is 2.23. The number of nitrogens with two attached hydrogens (primary N) is 1. The first-order valence-electron chi connectivity index (χ1n) is 4.18. The molecule has 86 valence electrons. The van der Waals surface area contributed by atoms with Crippen LogP contribution in [0.3, 0.4) is 0 Å². The molecular formula is C7H9N5O4. The summed E-state index contributed by atoms with van der Waals surface area (Å²) in [6.45, 7) is 0. The van der Waals surface area contributed by atoms with Gasteiger partial charge in [0.1, 0.15) is 6.04 Å². The number of nitrogens with one attached hydrogen (secondary N) is 2. The van der Waals surface area contributed by atoms with E-state index in [2.05, 4.69) is 20.7 Å². The number of rotatable bonds is 5. The molecule has 0 fully saturated rings. The van der Waals surface area contributed by atoms with E-state index in [-0.39, 0.29) is 5.69 Å². The Morgan fingerprint density at radius 2 is 2.25 bits per heavy atom. The zero-order chi connectivity index (χ0) is 12.1. The van der Waals surface area contributed by atoms with E-state index >= 15 is 0 Å². The van der Waals surface area contributed by atoms with Gasteiger partial charge in [-0.25, -0.2) is 4.79 Å². The number of amides is 2. The van der Waals surface area contributed by atoms with E-state index in [1.54, 1.807) is 0 Å². The minimum atomic E-state index is -1.37. The van der Waals surface area contributed by atoms with Crippen LogP contribution in [0.5, 0.6) is 0 Å². The number of carboxylic acids is 1. The third-order valence-corrected chi connectivity index (χ3v) is 1.66. The summed E-state index contributed by atoms with van der Waals surface area (Å²) in [5.74, 6) is -2.93. The van der Waals surface area contributed by atoms with Gasteiger partial charge in [-0.2, -0.15) is 15.4 Å². The summed E-state index contributed by atoms with van der Waals surface area (Å²) in [5.41, 5.74) is 4.76. The van der Waals surface area contributed by atoms with Crippen LogP contribution in [0.2, 0.25) is 0 Å². The average molecular weight is 227 g/mol. The van der Waals surface area contributed by atoms with Crippen molar-refractivity contribution in [2.24, 2.45) is 5.73 Å². The minimum Gasteiger partial charge on any atom is -0.480 e. The second-order valence-electron chi connectivity index (χ2n) is 2.89. The highest BCUT2D eigenvalue weighted by Crippen LogP contribution is 1.95. The van der Waals surface area contributed by atoms with Crippen LogP contribution >= 0.6 is 0 Å². The molecule has 0 saturated heterocycles. The van der Waals surface area contributed by atoms with Crippen molar-refractivity contribution in [1.29, 1.82) is 0 Å². The first kappa shape index (κ1) is 11.6. The minimum absolute atomic E-state index is 0.0734. The molecule has 0 aliphatic heterocycles. The van der Waals surface area contributed by atoms with Crippen LogP contribution in [-0.4, -0.2) is 44.3 Å². The van der Waals surface area contributed by atoms with Gasteiger partial charge in [-0.1, -0.05) is 0 Å². The van der Waals surface area contributed by atoms with Crippen molar-refractivity contribution in [1.82, 2.24) is 20.7 Å². The number of primary amides is 1. The molecule has 1 heterocycles.